The normalized spacial score (nSPS) is 17.1. The molecule has 2 aromatic carbocycles. The van der Waals surface area contributed by atoms with Gasteiger partial charge in [-0.3, -0.25) is 9.69 Å². The average Bonchev–Trinajstić information content (AvgIpc) is 2.98. The first-order valence-corrected chi connectivity index (χ1v) is 9.85. The quantitative estimate of drug-likeness (QED) is 0.666. The molecule has 1 saturated heterocycles. The lowest BCUT2D eigenvalue weighted by Gasteiger charge is -2.19. The number of carbonyl (C=O) groups excluding carboxylic acids is 1. The fraction of sp³-hybridized carbons (Fsp3) is 0.273. The highest BCUT2D eigenvalue weighted by Gasteiger charge is 2.35. The molecular formula is C22H24N2O3S. The number of hydrogen-bond acceptors (Lipinski definition) is 5. The molecule has 0 aromatic heterocycles. The van der Waals surface area contributed by atoms with Crippen molar-refractivity contribution in [3.8, 4) is 11.5 Å². The first-order valence-electron chi connectivity index (χ1n) is 9.03. The third kappa shape index (κ3) is 4.22. The predicted octanol–water partition coefficient (Wildman–Crippen LogP) is 5.02. The van der Waals surface area contributed by atoms with E-state index in [9.17, 15) is 4.79 Å². The van der Waals surface area contributed by atoms with Crippen molar-refractivity contribution < 1.29 is 14.3 Å². The third-order valence-corrected chi connectivity index (χ3v) is 5.30. The van der Waals surface area contributed by atoms with E-state index in [0.717, 1.165) is 11.3 Å². The van der Waals surface area contributed by atoms with Gasteiger partial charge >= 0.3 is 0 Å². The minimum atomic E-state index is -0.0411. The number of aliphatic imine (C=N–C) groups is 1. The van der Waals surface area contributed by atoms with Gasteiger partial charge in [0.2, 0.25) is 0 Å². The van der Waals surface area contributed by atoms with Crippen molar-refractivity contribution in [2.75, 3.05) is 14.2 Å². The van der Waals surface area contributed by atoms with Crippen molar-refractivity contribution in [2.45, 2.75) is 26.8 Å². The lowest BCUT2D eigenvalue weighted by Crippen LogP contribution is -2.35. The Kier molecular flexibility index (Phi) is 6.09. The summed E-state index contributed by atoms with van der Waals surface area (Å²) in [5.74, 6) is 1.24. The zero-order chi connectivity index (χ0) is 20.3. The van der Waals surface area contributed by atoms with Crippen molar-refractivity contribution in [1.82, 2.24) is 4.90 Å². The monoisotopic (exact) mass is 396 g/mol. The molecule has 2 aromatic rings. The van der Waals surface area contributed by atoms with Crippen LogP contribution in [0.25, 0.3) is 6.08 Å². The summed E-state index contributed by atoms with van der Waals surface area (Å²) in [5.41, 5.74) is 2.88. The highest BCUT2D eigenvalue weighted by molar-refractivity contribution is 8.18. The number of carbonyl (C=O) groups is 1. The average molecular weight is 397 g/mol. The molecule has 3 rings (SSSR count). The molecule has 0 atom stereocenters. The number of nitrogens with zero attached hydrogens (tertiary/aromatic N) is 2. The van der Waals surface area contributed by atoms with Gasteiger partial charge in [-0.05, 0) is 68.4 Å². The van der Waals surface area contributed by atoms with Gasteiger partial charge in [0, 0.05) is 6.04 Å². The molecule has 5 nitrogen and oxygen atoms in total. The van der Waals surface area contributed by atoms with Gasteiger partial charge < -0.3 is 9.47 Å². The summed E-state index contributed by atoms with van der Waals surface area (Å²) < 4.78 is 10.6. The van der Waals surface area contributed by atoms with Crippen LogP contribution in [0.4, 0.5) is 5.69 Å². The molecule has 1 aliphatic heterocycles. The van der Waals surface area contributed by atoms with E-state index in [-0.39, 0.29) is 11.9 Å². The standard InChI is InChI=1S/C22H24N2O3S/c1-14(2)24-21(25)20(13-16-8-11-18(26-4)19(12-16)27-5)28-22(24)23-17-9-6-15(3)7-10-17/h6-14H,1-5H3/b20-13+,23-22?. The van der Waals surface area contributed by atoms with Crippen molar-refractivity contribution in [2.24, 2.45) is 4.99 Å². The van der Waals surface area contributed by atoms with Gasteiger partial charge in [-0.25, -0.2) is 4.99 Å². The van der Waals surface area contributed by atoms with Crippen LogP contribution < -0.4 is 9.47 Å². The van der Waals surface area contributed by atoms with Gasteiger partial charge in [0.15, 0.2) is 16.7 Å². The van der Waals surface area contributed by atoms with Crippen LogP contribution in [0.15, 0.2) is 52.4 Å². The number of thioether (sulfide) groups is 1. The second kappa shape index (κ2) is 8.52. The van der Waals surface area contributed by atoms with Crippen molar-refractivity contribution in [3.63, 3.8) is 0 Å². The number of methoxy groups -OCH3 is 2. The number of aryl methyl sites for hydroxylation is 1. The highest BCUT2D eigenvalue weighted by Crippen LogP contribution is 2.36. The summed E-state index contributed by atoms with van der Waals surface area (Å²) in [6, 6.07) is 13.6. The largest absolute Gasteiger partial charge is 0.493 e. The number of benzene rings is 2. The summed E-state index contributed by atoms with van der Waals surface area (Å²) >= 11 is 1.39. The van der Waals surface area contributed by atoms with E-state index in [0.29, 0.717) is 21.6 Å². The van der Waals surface area contributed by atoms with Crippen molar-refractivity contribution in [3.05, 3.63) is 58.5 Å². The molecular weight excluding hydrogens is 372 g/mol. The van der Waals surface area contributed by atoms with Crippen molar-refractivity contribution in [1.29, 1.82) is 0 Å². The number of rotatable bonds is 5. The molecule has 0 radical (unpaired) electrons. The molecule has 0 aliphatic carbocycles. The highest BCUT2D eigenvalue weighted by atomic mass is 32.2. The molecule has 146 valence electrons. The van der Waals surface area contributed by atoms with E-state index < -0.39 is 0 Å². The summed E-state index contributed by atoms with van der Waals surface area (Å²) in [6.07, 6.45) is 1.86. The van der Waals surface area contributed by atoms with Crippen LogP contribution in [0, 0.1) is 6.92 Å². The van der Waals surface area contributed by atoms with E-state index in [4.69, 9.17) is 14.5 Å². The van der Waals surface area contributed by atoms with Crippen LogP contribution in [0.1, 0.15) is 25.0 Å². The lowest BCUT2D eigenvalue weighted by molar-refractivity contribution is -0.123. The van der Waals surface area contributed by atoms with Crippen molar-refractivity contribution >= 4 is 34.6 Å². The number of amidine groups is 1. The van der Waals surface area contributed by atoms with Gasteiger partial charge in [0.1, 0.15) is 0 Å². The minimum absolute atomic E-state index is 0.0144. The summed E-state index contributed by atoms with van der Waals surface area (Å²) in [6.45, 7) is 6.01. The topological polar surface area (TPSA) is 51.1 Å². The van der Waals surface area contributed by atoms with E-state index in [2.05, 4.69) is 0 Å². The van der Waals surface area contributed by atoms with Gasteiger partial charge in [-0.15, -0.1) is 0 Å². The van der Waals surface area contributed by atoms with Gasteiger partial charge in [0.05, 0.1) is 24.8 Å². The molecule has 6 heteroatoms. The van der Waals surface area contributed by atoms with E-state index in [1.807, 2.05) is 69.3 Å². The number of amides is 1. The molecule has 0 spiro atoms. The summed E-state index contributed by atoms with van der Waals surface area (Å²) in [7, 11) is 3.19. The molecule has 0 N–H and O–H groups in total. The maximum atomic E-state index is 13.0. The zero-order valence-electron chi connectivity index (χ0n) is 16.7. The summed E-state index contributed by atoms with van der Waals surface area (Å²) in [4.78, 5) is 20.1. The Morgan fingerprint density at radius 1 is 1.04 bits per heavy atom. The maximum absolute atomic E-state index is 13.0. The first-order chi connectivity index (χ1) is 13.4. The summed E-state index contributed by atoms with van der Waals surface area (Å²) in [5, 5.41) is 0.690. The number of ether oxygens (including phenoxy) is 2. The van der Waals surface area contributed by atoms with Gasteiger partial charge in [0.25, 0.3) is 5.91 Å². The minimum Gasteiger partial charge on any atom is -0.493 e. The maximum Gasteiger partial charge on any atom is 0.266 e. The fourth-order valence-corrected chi connectivity index (χ4v) is 3.96. The Labute approximate surface area is 170 Å². The van der Waals surface area contributed by atoms with Crippen LogP contribution in [0.3, 0.4) is 0 Å². The Balaban J connectivity index is 1.96. The van der Waals surface area contributed by atoms with E-state index in [1.165, 1.54) is 17.3 Å². The molecule has 1 aliphatic rings. The molecule has 28 heavy (non-hydrogen) atoms. The predicted molar refractivity (Wildman–Crippen MR) is 115 cm³/mol. The van der Waals surface area contributed by atoms with Crippen LogP contribution in [0.5, 0.6) is 11.5 Å². The smallest absolute Gasteiger partial charge is 0.266 e. The first kappa shape index (κ1) is 20.0. The van der Waals surface area contributed by atoms with Crippen LogP contribution in [-0.4, -0.2) is 36.2 Å². The third-order valence-electron chi connectivity index (χ3n) is 4.32. The van der Waals surface area contributed by atoms with E-state index in [1.54, 1.807) is 19.1 Å². The van der Waals surface area contributed by atoms with Gasteiger partial charge in [-0.1, -0.05) is 23.8 Å². The molecule has 1 fully saturated rings. The zero-order valence-corrected chi connectivity index (χ0v) is 17.5. The fourth-order valence-electron chi connectivity index (χ4n) is 2.84. The molecule has 0 bridgehead atoms. The SMILES string of the molecule is COc1ccc(/C=C2/SC(=Nc3ccc(C)cc3)N(C(C)C)C2=O)cc1OC. The van der Waals surface area contributed by atoms with E-state index >= 15 is 0 Å². The Hall–Kier alpha value is -2.73. The van der Waals surface area contributed by atoms with Crippen LogP contribution in [0.2, 0.25) is 0 Å². The molecule has 1 amide bonds. The molecule has 0 saturated carbocycles. The lowest BCUT2D eigenvalue weighted by atomic mass is 10.2. The van der Waals surface area contributed by atoms with Crippen LogP contribution in [-0.2, 0) is 4.79 Å². The second-order valence-electron chi connectivity index (χ2n) is 6.72. The molecule has 0 unspecified atom stereocenters. The number of hydrogen-bond donors (Lipinski definition) is 0. The Morgan fingerprint density at radius 2 is 1.71 bits per heavy atom. The molecule has 1 heterocycles. The Morgan fingerprint density at radius 3 is 2.32 bits per heavy atom. The van der Waals surface area contributed by atoms with Crippen LogP contribution >= 0.6 is 11.8 Å². The second-order valence-corrected chi connectivity index (χ2v) is 7.73. The van der Waals surface area contributed by atoms with Gasteiger partial charge in [-0.2, -0.15) is 0 Å². The Bertz CT molecular complexity index is 933.